The number of carbonyl (C=O) groups excluding carboxylic acids is 1. The van der Waals surface area contributed by atoms with Gasteiger partial charge in [-0.05, 0) is 48.2 Å². The summed E-state index contributed by atoms with van der Waals surface area (Å²) in [5.74, 6) is -1.30. The number of likely N-dealkylation sites (tertiary alicyclic amines) is 1. The maximum Gasteiger partial charge on any atom is 0.309 e. The number of nitrogens with zero attached hydrogens (tertiary/aromatic N) is 2. The second-order valence-corrected chi connectivity index (χ2v) is 9.60. The maximum atomic E-state index is 13.7. The van der Waals surface area contributed by atoms with Crippen molar-refractivity contribution < 1.29 is 28.6 Å². The Hall–Kier alpha value is -3.13. The number of hydrogen-bond acceptors (Lipinski definition) is 5. The first-order valence-corrected chi connectivity index (χ1v) is 12.8. The van der Waals surface area contributed by atoms with Crippen molar-refractivity contribution in [2.75, 3.05) is 33.0 Å². The van der Waals surface area contributed by atoms with E-state index < -0.39 is 17.9 Å². The molecule has 2 heterocycles. The number of aliphatic carboxylic acids is 1. The molecule has 1 unspecified atom stereocenters. The summed E-state index contributed by atoms with van der Waals surface area (Å²) in [6.07, 6.45) is 3.83. The van der Waals surface area contributed by atoms with Crippen LogP contribution in [0.4, 0.5) is 4.39 Å². The number of carboxylic acids is 1. The van der Waals surface area contributed by atoms with E-state index in [1.165, 1.54) is 12.1 Å². The van der Waals surface area contributed by atoms with Crippen molar-refractivity contribution in [3.05, 3.63) is 59.4 Å². The Kier molecular flexibility index (Phi) is 8.46. The largest absolute Gasteiger partial charge is 0.481 e. The minimum absolute atomic E-state index is 0.000475. The zero-order valence-corrected chi connectivity index (χ0v) is 21.0. The molecule has 0 bridgehead atoms. The van der Waals surface area contributed by atoms with Crippen molar-refractivity contribution in [2.45, 2.75) is 51.5 Å². The molecule has 0 spiro atoms. The van der Waals surface area contributed by atoms with Gasteiger partial charge in [0.2, 0.25) is 12.7 Å². The van der Waals surface area contributed by atoms with E-state index in [-0.39, 0.29) is 31.0 Å². The number of amides is 1. The zero-order chi connectivity index (χ0) is 25.7. The second-order valence-electron chi connectivity index (χ2n) is 9.60. The lowest BCUT2D eigenvalue weighted by Crippen LogP contribution is -2.42. The van der Waals surface area contributed by atoms with Gasteiger partial charge in [0.15, 0.2) is 11.5 Å². The Morgan fingerprint density at radius 1 is 1.00 bits per heavy atom. The molecule has 36 heavy (non-hydrogen) atoms. The molecule has 8 heteroatoms. The van der Waals surface area contributed by atoms with Crippen LogP contribution >= 0.6 is 0 Å². The third-order valence-electron chi connectivity index (χ3n) is 7.17. The van der Waals surface area contributed by atoms with Crippen molar-refractivity contribution in [3.63, 3.8) is 0 Å². The Bertz CT molecular complexity index is 1050. The first-order valence-electron chi connectivity index (χ1n) is 12.8. The monoisotopic (exact) mass is 498 g/mol. The van der Waals surface area contributed by atoms with Crippen molar-refractivity contribution >= 4 is 11.9 Å². The molecule has 4 rings (SSSR count). The number of halogens is 1. The minimum atomic E-state index is -0.948. The lowest BCUT2D eigenvalue weighted by molar-refractivity contribution is -0.144. The fourth-order valence-electron chi connectivity index (χ4n) is 5.26. The summed E-state index contributed by atoms with van der Waals surface area (Å²) in [7, 11) is 0. The Morgan fingerprint density at radius 2 is 1.64 bits per heavy atom. The summed E-state index contributed by atoms with van der Waals surface area (Å²) in [4.78, 5) is 30.0. The highest BCUT2D eigenvalue weighted by molar-refractivity contribution is 5.79. The van der Waals surface area contributed by atoms with Crippen LogP contribution in [-0.4, -0.2) is 59.8 Å². The van der Waals surface area contributed by atoms with Crippen molar-refractivity contribution in [1.29, 1.82) is 0 Å². The molecule has 1 fully saturated rings. The third kappa shape index (κ3) is 5.64. The van der Waals surface area contributed by atoms with E-state index >= 15 is 0 Å². The average Bonchev–Trinajstić information content (AvgIpc) is 3.49. The van der Waals surface area contributed by atoms with Crippen molar-refractivity contribution in [1.82, 2.24) is 9.80 Å². The Balaban J connectivity index is 1.66. The highest BCUT2D eigenvalue weighted by Gasteiger charge is 2.48. The van der Waals surface area contributed by atoms with E-state index in [1.54, 1.807) is 18.2 Å². The van der Waals surface area contributed by atoms with Crippen LogP contribution in [0.5, 0.6) is 11.5 Å². The minimum Gasteiger partial charge on any atom is -0.481 e. The first-order chi connectivity index (χ1) is 17.4. The topological polar surface area (TPSA) is 79.3 Å². The van der Waals surface area contributed by atoms with Crippen LogP contribution < -0.4 is 9.47 Å². The Morgan fingerprint density at radius 3 is 2.28 bits per heavy atom. The van der Waals surface area contributed by atoms with Crippen molar-refractivity contribution in [3.8, 4) is 11.5 Å². The van der Waals surface area contributed by atoms with Gasteiger partial charge in [0.1, 0.15) is 5.82 Å². The van der Waals surface area contributed by atoms with Gasteiger partial charge in [-0.25, -0.2) is 4.39 Å². The summed E-state index contributed by atoms with van der Waals surface area (Å²) >= 11 is 0. The van der Waals surface area contributed by atoms with Crippen LogP contribution in [0.2, 0.25) is 0 Å². The van der Waals surface area contributed by atoms with E-state index in [0.717, 1.165) is 31.2 Å². The molecule has 2 aromatic carbocycles. The van der Waals surface area contributed by atoms with Crippen LogP contribution in [0.25, 0.3) is 0 Å². The number of benzene rings is 2. The van der Waals surface area contributed by atoms with E-state index in [1.807, 2.05) is 21.9 Å². The molecule has 2 aliphatic rings. The van der Waals surface area contributed by atoms with E-state index in [2.05, 4.69) is 13.8 Å². The Labute approximate surface area is 211 Å². The van der Waals surface area contributed by atoms with Crippen LogP contribution in [0.3, 0.4) is 0 Å². The van der Waals surface area contributed by atoms with Gasteiger partial charge >= 0.3 is 5.97 Å². The summed E-state index contributed by atoms with van der Waals surface area (Å²) in [5.41, 5.74) is 1.51. The molecule has 194 valence electrons. The molecule has 2 aliphatic heterocycles. The van der Waals surface area contributed by atoms with Gasteiger partial charge in [-0.3, -0.25) is 14.5 Å². The summed E-state index contributed by atoms with van der Waals surface area (Å²) in [5, 5.41) is 10.4. The SMILES string of the molecule is CCCCN(CCCC)C(=O)CN1CC(c2ccc3c(c2)OCO3)[C@H](C(=O)O)[C@H]1c1ccc(F)cc1. The molecule has 2 aromatic rings. The standard InChI is InChI=1S/C28H35FN2O5/c1-3-5-13-30(14-6-4-2)25(32)17-31-16-22(20-9-12-23-24(15-20)36-18-35-23)26(28(33)34)27(31)19-7-10-21(29)11-8-19/h7-12,15,22,26-27H,3-6,13-14,16-18H2,1-2H3,(H,33,34)/t22?,26-,27+/m0/s1. The van der Waals surface area contributed by atoms with E-state index in [0.29, 0.717) is 36.7 Å². The molecular formula is C28H35FN2O5. The second kappa shape index (κ2) is 11.7. The predicted octanol–water partition coefficient (Wildman–Crippen LogP) is 4.82. The fourth-order valence-corrected chi connectivity index (χ4v) is 5.26. The molecule has 0 aliphatic carbocycles. The average molecular weight is 499 g/mol. The van der Waals surface area contributed by atoms with Gasteiger partial charge in [0.25, 0.3) is 0 Å². The fraction of sp³-hybridized carbons (Fsp3) is 0.500. The quantitative estimate of drug-likeness (QED) is 0.478. The molecule has 1 amide bonds. The third-order valence-corrected chi connectivity index (χ3v) is 7.17. The van der Waals surface area contributed by atoms with Crippen LogP contribution in [0.15, 0.2) is 42.5 Å². The normalized spacial score (nSPS) is 21.0. The number of carboxylic acid groups (broad SMARTS) is 1. The smallest absolute Gasteiger partial charge is 0.309 e. The van der Waals surface area contributed by atoms with Gasteiger partial charge in [0.05, 0.1) is 12.5 Å². The lowest BCUT2D eigenvalue weighted by atomic mass is 9.83. The van der Waals surface area contributed by atoms with Gasteiger partial charge in [-0.2, -0.15) is 0 Å². The molecular weight excluding hydrogens is 463 g/mol. The summed E-state index contributed by atoms with van der Waals surface area (Å²) < 4.78 is 24.7. The maximum absolute atomic E-state index is 13.7. The molecule has 1 N–H and O–H groups in total. The highest BCUT2D eigenvalue weighted by atomic mass is 19.1. The highest BCUT2D eigenvalue weighted by Crippen LogP contribution is 2.47. The van der Waals surface area contributed by atoms with Gasteiger partial charge < -0.3 is 19.5 Å². The zero-order valence-electron chi connectivity index (χ0n) is 21.0. The number of rotatable bonds is 11. The van der Waals surface area contributed by atoms with E-state index in [4.69, 9.17) is 9.47 Å². The van der Waals surface area contributed by atoms with E-state index in [9.17, 15) is 19.1 Å². The molecule has 0 saturated carbocycles. The molecule has 3 atom stereocenters. The molecule has 0 radical (unpaired) electrons. The van der Waals surface area contributed by atoms with Crippen molar-refractivity contribution in [2.24, 2.45) is 5.92 Å². The predicted molar refractivity (Wildman–Crippen MR) is 134 cm³/mol. The number of ether oxygens (including phenoxy) is 2. The molecule has 1 saturated heterocycles. The number of carbonyl (C=O) groups is 2. The van der Waals surface area contributed by atoms with Gasteiger partial charge in [-0.15, -0.1) is 0 Å². The van der Waals surface area contributed by atoms with Crippen LogP contribution in [0.1, 0.15) is 62.6 Å². The molecule has 7 nitrogen and oxygen atoms in total. The number of hydrogen-bond donors (Lipinski definition) is 1. The lowest BCUT2D eigenvalue weighted by Gasteiger charge is -2.30. The summed E-state index contributed by atoms with van der Waals surface area (Å²) in [6.45, 7) is 6.22. The first kappa shape index (κ1) is 25.9. The number of unbranched alkanes of at least 4 members (excludes halogenated alkanes) is 2. The molecule has 0 aromatic heterocycles. The summed E-state index contributed by atoms with van der Waals surface area (Å²) in [6, 6.07) is 10.9. The van der Waals surface area contributed by atoms with Gasteiger partial charge in [0, 0.05) is 31.6 Å². The van der Waals surface area contributed by atoms with Crippen LogP contribution in [-0.2, 0) is 9.59 Å². The van der Waals surface area contributed by atoms with Gasteiger partial charge in [-0.1, -0.05) is 44.9 Å². The number of fused-ring (bicyclic) bond motifs is 1. The van der Waals surface area contributed by atoms with Crippen LogP contribution in [0, 0.1) is 11.7 Å².